The number of amides is 1. The maximum absolute atomic E-state index is 11.7. The quantitative estimate of drug-likeness (QED) is 0.513. The van der Waals surface area contributed by atoms with E-state index in [2.05, 4.69) is 4.90 Å². The Morgan fingerprint density at radius 3 is 2.59 bits per heavy atom. The van der Waals surface area contributed by atoms with Gasteiger partial charge in [-0.25, -0.2) is 4.79 Å². The lowest BCUT2D eigenvalue weighted by atomic mass is 10.2. The minimum Gasteiger partial charge on any atom is -0.459 e. The minimum absolute atomic E-state index is 0.258. The fourth-order valence-corrected chi connectivity index (χ4v) is 2.65. The van der Waals surface area contributed by atoms with E-state index in [1.165, 1.54) is 12.8 Å². The van der Waals surface area contributed by atoms with Crippen LogP contribution in [-0.2, 0) is 14.3 Å². The van der Waals surface area contributed by atoms with Crippen LogP contribution in [-0.4, -0.2) is 60.5 Å². The van der Waals surface area contributed by atoms with Crippen molar-refractivity contribution in [1.82, 2.24) is 9.80 Å². The van der Waals surface area contributed by atoms with Crippen LogP contribution in [0.4, 0.5) is 0 Å². The number of rotatable bonds is 2. The van der Waals surface area contributed by atoms with Crippen LogP contribution in [0.25, 0.3) is 0 Å². The van der Waals surface area contributed by atoms with Crippen molar-refractivity contribution in [3.05, 3.63) is 0 Å². The summed E-state index contributed by atoms with van der Waals surface area (Å²) in [6.07, 6.45) is 3.48. The molecule has 0 radical (unpaired) electrons. The van der Waals surface area contributed by atoms with E-state index in [9.17, 15) is 9.59 Å². The van der Waals surface area contributed by atoms with Crippen molar-refractivity contribution in [2.75, 3.05) is 32.8 Å². The zero-order valence-corrected chi connectivity index (χ0v) is 10.4. The monoisotopic (exact) mass is 240 g/mol. The first-order chi connectivity index (χ1) is 8.22. The second-order valence-electron chi connectivity index (χ2n) is 4.66. The van der Waals surface area contributed by atoms with Gasteiger partial charge in [0.2, 0.25) is 0 Å². The van der Waals surface area contributed by atoms with Gasteiger partial charge in [-0.15, -0.1) is 0 Å². The molecule has 1 unspecified atom stereocenters. The number of hydrogen-bond acceptors (Lipinski definition) is 4. The van der Waals surface area contributed by atoms with Gasteiger partial charge in [-0.2, -0.15) is 0 Å². The van der Waals surface area contributed by atoms with Gasteiger partial charge in [-0.1, -0.05) is 0 Å². The molecule has 2 rings (SSSR count). The lowest BCUT2D eigenvalue weighted by Crippen LogP contribution is -2.40. The van der Waals surface area contributed by atoms with Crippen molar-refractivity contribution in [2.24, 2.45) is 0 Å². The molecular formula is C12H20N2O3. The smallest absolute Gasteiger partial charge is 0.397 e. The van der Waals surface area contributed by atoms with Crippen LogP contribution >= 0.6 is 0 Å². The van der Waals surface area contributed by atoms with Crippen LogP contribution in [0.15, 0.2) is 0 Å². The van der Waals surface area contributed by atoms with Crippen molar-refractivity contribution in [1.29, 1.82) is 0 Å². The number of nitrogens with zero attached hydrogens (tertiary/aromatic N) is 2. The van der Waals surface area contributed by atoms with E-state index in [0.29, 0.717) is 19.1 Å². The Morgan fingerprint density at radius 1 is 1.24 bits per heavy atom. The zero-order chi connectivity index (χ0) is 12.3. The van der Waals surface area contributed by atoms with Crippen molar-refractivity contribution in [3.63, 3.8) is 0 Å². The predicted octanol–water partition coefficient (Wildman–Crippen LogP) is 0.246. The van der Waals surface area contributed by atoms with Crippen LogP contribution < -0.4 is 0 Å². The Kier molecular flexibility index (Phi) is 3.99. The summed E-state index contributed by atoms with van der Waals surface area (Å²) in [6.45, 7) is 5.59. The molecule has 0 aromatic rings. The molecule has 2 heterocycles. The average Bonchev–Trinajstić information content (AvgIpc) is 2.98. The third-order valence-corrected chi connectivity index (χ3v) is 3.56. The highest BCUT2D eigenvalue weighted by molar-refractivity contribution is 6.32. The van der Waals surface area contributed by atoms with Gasteiger partial charge in [0.1, 0.15) is 0 Å². The van der Waals surface area contributed by atoms with Gasteiger partial charge >= 0.3 is 11.9 Å². The first-order valence-electron chi connectivity index (χ1n) is 6.42. The van der Waals surface area contributed by atoms with Crippen LogP contribution in [0.5, 0.6) is 0 Å². The second-order valence-corrected chi connectivity index (χ2v) is 4.66. The molecule has 96 valence electrons. The Hall–Kier alpha value is -1.10. The summed E-state index contributed by atoms with van der Waals surface area (Å²) in [5, 5.41) is 0. The van der Waals surface area contributed by atoms with Gasteiger partial charge in [-0.3, -0.25) is 9.69 Å². The molecule has 2 aliphatic heterocycles. The summed E-state index contributed by atoms with van der Waals surface area (Å²) < 4.78 is 4.73. The van der Waals surface area contributed by atoms with Gasteiger partial charge in [0.25, 0.3) is 0 Å². The zero-order valence-electron chi connectivity index (χ0n) is 10.4. The standard InChI is InChI=1S/C12H20N2O3/c1-2-17-12(16)11(15)14-8-5-10(9-14)13-6-3-4-7-13/h10H,2-9H2,1H3. The van der Waals surface area contributed by atoms with Crippen LogP contribution in [0.3, 0.4) is 0 Å². The number of carbonyl (C=O) groups excluding carboxylic acids is 2. The van der Waals surface area contributed by atoms with Gasteiger partial charge in [0.05, 0.1) is 6.61 Å². The normalized spacial score (nSPS) is 25.2. The van der Waals surface area contributed by atoms with E-state index < -0.39 is 11.9 Å². The van der Waals surface area contributed by atoms with Gasteiger partial charge in [0, 0.05) is 19.1 Å². The van der Waals surface area contributed by atoms with E-state index in [4.69, 9.17) is 4.74 Å². The fraction of sp³-hybridized carbons (Fsp3) is 0.833. The third-order valence-electron chi connectivity index (χ3n) is 3.56. The molecule has 2 aliphatic rings. The lowest BCUT2D eigenvalue weighted by molar-refractivity contribution is -0.159. The molecule has 1 amide bonds. The molecule has 0 bridgehead atoms. The maximum Gasteiger partial charge on any atom is 0.397 e. The largest absolute Gasteiger partial charge is 0.459 e. The minimum atomic E-state index is -0.713. The topological polar surface area (TPSA) is 49.9 Å². The molecule has 2 fully saturated rings. The second kappa shape index (κ2) is 5.49. The van der Waals surface area contributed by atoms with E-state index in [-0.39, 0.29) is 6.61 Å². The van der Waals surface area contributed by atoms with E-state index in [1.807, 2.05) is 0 Å². The van der Waals surface area contributed by atoms with Crippen molar-refractivity contribution in [3.8, 4) is 0 Å². The Bertz CT molecular complexity index is 300. The molecule has 0 saturated carbocycles. The number of hydrogen-bond donors (Lipinski definition) is 0. The van der Waals surface area contributed by atoms with Crippen LogP contribution in [0.1, 0.15) is 26.2 Å². The van der Waals surface area contributed by atoms with E-state index >= 15 is 0 Å². The SMILES string of the molecule is CCOC(=O)C(=O)N1CCC(N2CCCC2)C1. The van der Waals surface area contributed by atoms with E-state index in [0.717, 1.165) is 19.5 Å². The fourth-order valence-electron chi connectivity index (χ4n) is 2.65. The summed E-state index contributed by atoms with van der Waals surface area (Å²) in [4.78, 5) is 27.1. The molecule has 1 atom stereocenters. The molecule has 0 aromatic carbocycles. The summed E-state index contributed by atoms with van der Waals surface area (Å²) in [5.41, 5.74) is 0. The molecule has 0 N–H and O–H groups in total. The highest BCUT2D eigenvalue weighted by atomic mass is 16.5. The average molecular weight is 240 g/mol. The Morgan fingerprint density at radius 2 is 1.94 bits per heavy atom. The number of likely N-dealkylation sites (tertiary alicyclic amines) is 2. The number of ether oxygens (including phenoxy) is 1. The molecule has 0 spiro atoms. The molecular weight excluding hydrogens is 220 g/mol. The molecule has 0 aromatic heterocycles. The highest BCUT2D eigenvalue weighted by Gasteiger charge is 2.34. The highest BCUT2D eigenvalue weighted by Crippen LogP contribution is 2.20. The number of esters is 1. The summed E-state index contributed by atoms with van der Waals surface area (Å²) >= 11 is 0. The Balaban J connectivity index is 1.84. The molecule has 2 saturated heterocycles. The predicted molar refractivity (Wildman–Crippen MR) is 62.4 cm³/mol. The summed E-state index contributed by atoms with van der Waals surface area (Å²) in [5.74, 6) is -1.19. The van der Waals surface area contributed by atoms with Crippen molar-refractivity contribution in [2.45, 2.75) is 32.2 Å². The van der Waals surface area contributed by atoms with Crippen molar-refractivity contribution >= 4 is 11.9 Å². The summed E-state index contributed by atoms with van der Waals surface area (Å²) in [7, 11) is 0. The van der Waals surface area contributed by atoms with Crippen molar-refractivity contribution < 1.29 is 14.3 Å². The number of carbonyl (C=O) groups is 2. The first-order valence-corrected chi connectivity index (χ1v) is 6.42. The lowest BCUT2D eigenvalue weighted by Gasteiger charge is -2.23. The molecule has 0 aliphatic carbocycles. The van der Waals surface area contributed by atoms with Gasteiger partial charge in [0.15, 0.2) is 0 Å². The van der Waals surface area contributed by atoms with Crippen LogP contribution in [0.2, 0.25) is 0 Å². The molecule has 5 heteroatoms. The first kappa shape index (κ1) is 12.4. The van der Waals surface area contributed by atoms with E-state index in [1.54, 1.807) is 11.8 Å². The molecule has 17 heavy (non-hydrogen) atoms. The summed E-state index contributed by atoms with van der Waals surface area (Å²) in [6, 6.07) is 0.441. The van der Waals surface area contributed by atoms with Gasteiger partial charge in [-0.05, 0) is 39.3 Å². The van der Waals surface area contributed by atoms with Crippen LogP contribution in [0, 0.1) is 0 Å². The third kappa shape index (κ3) is 2.77. The maximum atomic E-state index is 11.7. The Labute approximate surface area is 102 Å². The van der Waals surface area contributed by atoms with Gasteiger partial charge < -0.3 is 9.64 Å². The molecule has 5 nitrogen and oxygen atoms in total.